The average molecular weight is 578 g/mol. The lowest BCUT2D eigenvalue weighted by atomic mass is 10.2. The average Bonchev–Trinajstić information content (AvgIpc) is 3.26. The van der Waals surface area contributed by atoms with E-state index in [1.165, 1.54) is 0 Å². The van der Waals surface area contributed by atoms with Gasteiger partial charge in [-0.1, -0.05) is 0 Å². The normalized spacial score (nSPS) is 13.5. The maximum Gasteiger partial charge on any atom is 0.414 e. The summed E-state index contributed by atoms with van der Waals surface area (Å²) in [6, 6.07) is 12.2. The lowest BCUT2D eigenvalue weighted by Gasteiger charge is -2.29. The number of fused-ring (bicyclic) bond motifs is 1. The topological polar surface area (TPSA) is 155 Å². The van der Waals surface area contributed by atoms with Gasteiger partial charge in [0, 0.05) is 74.6 Å². The van der Waals surface area contributed by atoms with Gasteiger partial charge in [-0.3, -0.25) is 9.67 Å². The molecular formula is C29H35N7O6. The van der Waals surface area contributed by atoms with Crippen molar-refractivity contribution in [2.75, 3.05) is 58.4 Å². The van der Waals surface area contributed by atoms with Crippen molar-refractivity contribution in [1.82, 2.24) is 30.0 Å². The van der Waals surface area contributed by atoms with Crippen molar-refractivity contribution in [3.8, 4) is 22.8 Å². The summed E-state index contributed by atoms with van der Waals surface area (Å²) in [7, 11) is 5.26. The van der Waals surface area contributed by atoms with Crippen LogP contribution in [0.15, 0.2) is 55.0 Å². The van der Waals surface area contributed by atoms with Gasteiger partial charge in [0.1, 0.15) is 11.5 Å². The summed E-state index contributed by atoms with van der Waals surface area (Å²) in [5.74, 6) is -2.13. The first-order valence-corrected chi connectivity index (χ1v) is 13.4. The highest BCUT2D eigenvalue weighted by Crippen LogP contribution is 2.34. The fourth-order valence-electron chi connectivity index (χ4n) is 4.58. The molecule has 0 amide bonds. The Morgan fingerprint density at radius 2 is 1.69 bits per heavy atom. The highest BCUT2D eigenvalue weighted by Gasteiger charge is 2.17. The standard InChI is InChI=1S/C27H33N7O2.C2H2O4/c1-32-19-20(17-30-32)27-18-29-25-6-5-21(15-26(25)31-27)34(12-11-33-9-4-7-28-8-10-33)22-13-23(35-2)16-24(14-22)36-3;3-1(4)2(5)6/h5-6,13-19,28H,4,7-12H2,1-3H3;(H,3,4)(H,5,6). The molecule has 13 heteroatoms. The van der Waals surface area contributed by atoms with Crippen LogP contribution >= 0.6 is 0 Å². The summed E-state index contributed by atoms with van der Waals surface area (Å²) < 4.78 is 12.9. The van der Waals surface area contributed by atoms with Crippen molar-refractivity contribution in [2.24, 2.45) is 7.05 Å². The molecule has 42 heavy (non-hydrogen) atoms. The molecule has 0 atom stereocenters. The summed E-state index contributed by atoms with van der Waals surface area (Å²) in [6.45, 7) is 6.01. The Morgan fingerprint density at radius 3 is 2.33 bits per heavy atom. The van der Waals surface area contributed by atoms with E-state index in [0.717, 1.165) is 90.9 Å². The fraction of sp³-hybridized carbons (Fsp3) is 0.345. The molecular weight excluding hydrogens is 542 g/mol. The van der Waals surface area contributed by atoms with Gasteiger partial charge in [-0.25, -0.2) is 14.6 Å². The van der Waals surface area contributed by atoms with Crippen molar-refractivity contribution in [3.63, 3.8) is 0 Å². The lowest BCUT2D eigenvalue weighted by molar-refractivity contribution is -0.159. The summed E-state index contributed by atoms with van der Waals surface area (Å²) in [4.78, 5) is 32.6. The largest absolute Gasteiger partial charge is 0.497 e. The lowest BCUT2D eigenvalue weighted by Crippen LogP contribution is -2.35. The van der Waals surface area contributed by atoms with Crippen LogP contribution in [0.5, 0.6) is 11.5 Å². The molecule has 0 aliphatic carbocycles. The molecule has 4 aromatic rings. The maximum atomic E-state index is 9.10. The number of carboxylic acids is 2. The Kier molecular flexibility index (Phi) is 10.2. The Hall–Kier alpha value is -4.75. The van der Waals surface area contributed by atoms with Gasteiger partial charge >= 0.3 is 11.9 Å². The quantitative estimate of drug-likeness (QED) is 0.264. The Labute approximate surface area is 243 Å². The fourth-order valence-corrected chi connectivity index (χ4v) is 4.58. The molecule has 3 heterocycles. The summed E-state index contributed by atoms with van der Waals surface area (Å²) in [6.07, 6.45) is 6.72. The van der Waals surface area contributed by atoms with E-state index in [4.69, 9.17) is 34.3 Å². The van der Waals surface area contributed by atoms with Crippen LogP contribution in [0.2, 0.25) is 0 Å². The number of hydrogen-bond donors (Lipinski definition) is 3. The number of nitrogens with one attached hydrogen (secondary N) is 1. The molecule has 1 fully saturated rings. The highest BCUT2D eigenvalue weighted by atomic mass is 16.5. The van der Waals surface area contributed by atoms with Crippen LogP contribution in [-0.4, -0.2) is 100 Å². The molecule has 0 spiro atoms. The van der Waals surface area contributed by atoms with Crippen LogP contribution in [-0.2, 0) is 16.6 Å². The van der Waals surface area contributed by atoms with Gasteiger partial charge in [-0.2, -0.15) is 5.10 Å². The predicted molar refractivity (Wildman–Crippen MR) is 157 cm³/mol. The Balaban J connectivity index is 0.000000612. The molecule has 0 radical (unpaired) electrons. The number of aliphatic carboxylic acids is 2. The van der Waals surface area contributed by atoms with Crippen molar-refractivity contribution in [3.05, 3.63) is 55.0 Å². The van der Waals surface area contributed by atoms with Crippen LogP contribution in [0.4, 0.5) is 11.4 Å². The zero-order valence-electron chi connectivity index (χ0n) is 23.9. The van der Waals surface area contributed by atoms with Crippen LogP contribution in [0.1, 0.15) is 6.42 Å². The minimum absolute atomic E-state index is 0.757. The second-order valence-corrected chi connectivity index (χ2v) is 9.61. The molecule has 1 saturated heterocycles. The maximum absolute atomic E-state index is 9.10. The van der Waals surface area contributed by atoms with Gasteiger partial charge in [-0.05, 0) is 37.7 Å². The number of carbonyl (C=O) groups is 2. The third-order valence-electron chi connectivity index (χ3n) is 6.74. The number of anilines is 2. The zero-order chi connectivity index (χ0) is 30.1. The SMILES string of the molecule is COc1cc(OC)cc(N(CCN2CCCNCC2)c2ccc3ncc(-c4cnn(C)c4)nc3c2)c1.O=C(O)C(=O)O. The number of nitrogens with zero attached hydrogens (tertiary/aromatic N) is 6. The van der Waals surface area contributed by atoms with E-state index in [1.807, 2.05) is 31.6 Å². The van der Waals surface area contributed by atoms with Crippen LogP contribution < -0.4 is 19.7 Å². The number of aryl methyl sites for hydroxylation is 1. The summed E-state index contributed by atoms with van der Waals surface area (Å²) >= 11 is 0. The minimum atomic E-state index is -1.82. The highest BCUT2D eigenvalue weighted by molar-refractivity contribution is 6.27. The van der Waals surface area contributed by atoms with Gasteiger partial charge in [0.25, 0.3) is 0 Å². The predicted octanol–water partition coefficient (Wildman–Crippen LogP) is 2.64. The zero-order valence-corrected chi connectivity index (χ0v) is 23.9. The Bertz CT molecular complexity index is 1480. The molecule has 13 nitrogen and oxygen atoms in total. The second-order valence-electron chi connectivity index (χ2n) is 9.61. The molecule has 0 saturated carbocycles. The van der Waals surface area contributed by atoms with Crippen molar-refractivity contribution < 1.29 is 29.3 Å². The van der Waals surface area contributed by atoms with Crippen molar-refractivity contribution >= 4 is 34.3 Å². The molecule has 5 rings (SSSR count). The molecule has 2 aromatic heterocycles. The van der Waals surface area contributed by atoms with Crippen LogP contribution in [0.25, 0.3) is 22.3 Å². The summed E-state index contributed by atoms with van der Waals surface area (Å²) in [5, 5.41) is 22.5. The molecule has 2 aromatic carbocycles. The smallest absolute Gasteiger partial charge is 0.414 e. The monoisotopic (exact) mass is 577 g/mol. The van der Waals surface area contributed by atoms with Gasteiger partial charge < -0.3 is 34.8 Å². The van der Waals surface area contributed by atoms with E-state index < -0.39 is 11.9 Å². The van der Waals surface area contributed by atoms with E-state index in [-0.39, 0.29) is 0 Å². The van der Waals surface area contributed by atoms with Crippen LogP contribution in [0.3, 0.4) is 0 Å². The van der Waals surface area contributed by atoms with E-state index in [1.54, 1.807) is 25.1 Å². The van der Waals surface area contributed by atoms with Crippen molar-refractivity contribution in [2.45, 2.75) is 6.42 Å². The number of carboxylic acid groups (broad SMARTS) is 2. The molecule has 0 bridgehead atoms. The number of rotatable bonds is 8. The van der Waals surface area contributed by atoms with Gasteiger partial charge in [0.05, 0.1) is 43.3 Å². The number of methoxy groups -OCH3 is 2. The first-order valence-electron chi connectivity index (χ1n) is 13.4. The number of hydrogen-bond acceptors (Lipinski definition) is 10. The first-order chi connectivity index (χ1) is 20.3. The van der Waals surface area contributed by atoms with E-state index in [9.17, 15) is 0 Å². The number of ether oxygens (including phenoxy) is 2. The summed E-state index contributed by atoms with van der Waals surface area (Å²) in [5.41, 5.74) is 5.50. The van der Waals surface area contributed by atoms with E-state index in [0.29, 0.717) is 0 Å². The van der Waals surface area contributed by atoms with Crippen molar-refractivity contribution in [1.29, 1.82) is 0 Å². The van der Waals surface area contributed by atoms with Gasteiger partial charge in [-0.15, -0.1) is 0 Å². The molecule has 1 aliphatic rings. The molecule has 1 aliphatic heterocycles. The Morgan fingerprint density at radius 1 is 0.952 bits per heavy atom. The third kappa shape index (κ3) is 7.92. The second kappa shape index (κ2) is 14.2. The van der Waals surface area contributed by atoms with Gasteiger partial charge in [0.15, 0.2) is 0 Å². The van der Waals surface area contributed by atoms with E-state index >= 15 is 0 Å². The third-order valence-corrected chi connectivity index (χ3v) is 6.74. The number of benzene rings is 2. The van der Waals surface area contributed by atoms with Gasteiger partial charge in [0.2, 0.25) is 0 Å². The number of aromatic nitrogens is 4. The van der Waals surface area contributed by atoms with E-state index in [2.05, 4.69) is 49.5 Å². The first kappa shape index (κ1) is 30.2. The molecule has 0 unspecified atom stereocenters. The molecule has 3 N–H and O–H groups in total. The minimum Gasteiger partial charge on any atom is -0.497 e. The van der Waals surface area contributed by atoms with Crippen LogP contribution in [0, 0.1) is 0 Å². The molecule has 222 valence electrons.